The molecule has 0 spiro atoms. The van der Waals surface area contributed by atoms with Crippen LogP contribution in [0.2, 0.25) is 0 Å². The number of hydrogen-bond donors (Lipinski definition) is 1. The highest BCUT2D eigenvalue weighted by molar-refractivity contribution is 5.86. The predicted molar refractivity (Wildman–Crippen MR) is 102 cm³/mol. The minimum atomic E-state index is 0.700. The summed E-state index contributed by atoms with van der Waals surface area (Å²) in [5, 5.41) is 0. The molecule has 1 N–H and O–H groups in total. The summed E-state index contributed by atoms with van der Waals surface area (Å²) in [6.45, 7) is 1.47. The highest BCUT2D eigenvalue weighted by atomic mass is 16.5. The van der Waals surface area contributed by atoms with E-state index in [9.17, 15) is 0 Å². The van der Waals surface area contributed by atoms with E-state index in [2.05, 4.69) is 24.8 Å². The maximum absolute atomic E-state index is 5.21. The van der Waals surface area contributed by atoms with Crippen molar-refractivity contribution in [3.05, 3.63) is 71.7 Å². The molecule has 4 heterocycles. The zero-order valence-corrected chi connectivity index (χ0v) is 14.9. The van der Waals surface area contributed by atoms with E-state index >= 15 is 0 Å². The van der Waals surface area contributed by atoms with Gasteiger partial charge in [-0.25, -0.2) is 19.9 Å². The highest BCUT2D eigenvalue weighted by Crippen LogP contribution is 2.29. The molecule has 3 aromatic heterocycles. The van der Waals surface area contributed by atoms with Crippen LogP contribution in [-0.4, -0.2) is 32.0 Å². The van der Waals surface area contributed by atoms with Crippen LogP contribution in [0.15, 0.2) is 49.1 Å². The summed E-state index contributed by atoms with van der Waals surface area (Å²) in [4.78, 5) is 23.6. The third-order valence-corrected chi connectivity index (χ3v) is 4.85. The number of rotatable bonds is 4. The second-order valence-corrected chi connectivity index (χ2v) is 6.57. The van der Waals surface area contributed by atoms with Gasteiger partial charge in [0.2, 0.25) is 0 Å². The van der Waals surface area contributed by atoms with E-state index in [-0.39, 0.29) is 0 Å². The Hall–Kier alpha value is -3.48. The summed E-state index contributed by atoms with van der Waals surface area (Å²) in [6, 6.07) is 9.97. The largest absolute Gasteiger partial charge is 0.497 e. The lowest BCUT2D eigenvalue weighted by Gasteiger charge is -2.16. The molecule has 0 aliphatic carbocycles. The van der Waals surface area contributed by atoms with Gasteiger partial charge in [-0.3, -0.25) is 0 Å². The Kier molecular flexibility index (Phi) is 3.71. The molecule has 1 aromatic carbocycles. The van der Waals surface area contributed by atoms with E-state index < -0.39 is 0 Å². The van der Waals surface area contributed by atoms with Crippen LogP contribution in [-0.2, 0) is 19.5 Å². The van der Waals surface area contributed by atoms with Gasteiger partial charge in [0.1, 0.15) is 23.4 Å². The number of fused-ring (bicyclic) bond motifs is 2. The number of aromatic amines is 1. The number of aromatic nitrogens is 5. The standard InChI is InChI=1S/C20H18N6O/c1-27-15-4-2-13(3-5-15)8-18-22-9-14-10-26(11-17(14)25-18)20-19-16(6-7-21-19)23-12-24-20/h2-7,9,12,21H,8,10-11H2,1H3. The van der Waals surface area contributed by atoms with Gasteiger partial charge in [-0.1, -0.05) is 12.1 Å². The Morgan fingerprint density at radius 3 is 2.81 bits per heavy atom. The van der Waals surface area contributed by atoms with E-state index in [0.717, 1.165) is 58.3 Å². The van der Waals surface area contributed by atoms with Crippen LogP contribution in [0.3, 0.4) is 0 Å². The summed E-state index contributed by atoms with van der Waals surface area (Å²) in [6.07, 6.45) is 6.13. The number of nitrogens with one attached hydrogen (secondary N) is 1. The van der Waals surface area contributed by atoms with Crippen LogP contribution in [0.1, 0.15) is 22.6 Å². The lowest BCUT2D eigenvalue weighted by Crippen LogP contribution is -2.16. The second-order valence-electron chi connectivity index (χ2n) is 6.57. The molecule has 0 radical (unpaired) electrons. The van der Waals surface area contributed by atoms with Gasteiger partial charge in [0.15, 0.2) is 5.82 Å². The molecule has 0 amide bonds. The van der Waals surface area contributed by atoms with Crippen LogP contribution >= 0.6 is 0 Å². The number of methoxy groups -OCH3 is 1. The first-order valence-electron chi connectivity index (χ1n) is 8.80. The molecule has 7 heteroatoms. The number of nitrogens with zero attached hydrogens (tertiary/aromatic N) is 5. The van der Waals surface area contributed by atoms with Crippen molar-refractivity contribution < 1.29 is 4.74 Å². The summed E-state index contributed by atoms with van der Waals surface area (Å²) in [7, 11) is 1.67. The molecule has 4 aromatic rings. The average molecular weight is 358 g/mol. The van der Waals surface area contributed by atoms with Crippen LogP contribution in [0.5, 0.6) is 5.75 Å². The fourth-order valence-electron chi connectivity index (χ4n) is 3.45. The molecule has 0 bridgehead atoms. The van der Waals surface area contributed by atoms with Crippen molar-refractivity contribution in [2.75, 3.05) is 12.0 Å². The Balaban J connectivity index is 1.38. The number of ether oxygens (including phenoxy) is 1. The zero-order valence-electron chi connectivity index (χ0n) is 14.9. The average Bonchev–Trinajstić information content (AvgIpc) is 3.34. The third-order valence-electron chi connectivity index (χ3n) is 4.85. The highest BCUT2D eigenvalue weighted by Gasteiger charge is 2.24. The van der Waals surface area contributed by atoms with E-state index in [4.69, 9.17) is 9.72 Å². The van der Waals surface area contributed by atoms with Gasteiger partial charge in [-0.2, -0.15) is 0 Å². The Bertz CT molecular complexity index is 1110. The van der Waals surface area contributed by atoms with Crippen LogP contribution in [0.4, 0.5) is 5.82 Å². The molecule has 1 aliphatic rings. The van der Waals surface area contributed by atoms with E-state index in [1.165, 1.54) is 0 Å². The first-order chi connectivity index (χ1) is 13.3. The lowest BCUT2D eigenvalue weighted by atomic mass is 10.1. The molecule has 5 rings (SSSR count). The van der Waals surface area contributed by atoms with Crippen molar-refractivity contribution in [2.45, 2.75) is 19.5 Å². The van der Waals surface area contributed by atoms with Gasteiger partial charge in [-0.05, 0) is 23.8 Å². The SMILES string of the molecule is COc1ccc(Cc2ncc3c(n2)CN(c2ncnc4cc[nH]c24)C3)cc1. The third kappa shape index (κ3) is 2.87. The molecular weight excluding hydrogens is 340 g/mol. The van der Waals surface area contributed by atoms with Gasteiger partial charge in [0.05, 0.1) is 24.9 Å². The smallest absolute Gasteiger partial charge is 0.157 e. The quantitative estimate of drug-likeness (QED) is 0.604. The summed E-state index contributed by atoms with van der Waals surface area (Å²) in [5.74, 6) is 2.58. The van der Waals surface area contributed by atoms with Crippen molar-refractivity contribution in [3.8, 4) is 5.75 Å². The topological polar surface area (TPSA) is 79.8 Å². The molecule has 134 valence electrons. The van der Waals surface area contributed by atoms with Crippen LogP contribution in [0, 0.1) is 0 Å². The normalized spacial score (nSPS) is 13.1. The fourth-order valence-corrected chi connectivity index (χ4v) is 3.45. The number of hydrogen-bond acceptors (Lipinski definition) is 6. The monoisotopic (exact) mass is 358 g/mol. The molecule has 0 saturated heterocycles. The molecule has 0 saturated carbocycles. The molecule has 1 aliphatic heterocycles. The van der Waals surface area contributed by atoms with Crippen molar-refractivity contribution >= 4 is 16.9 Å². The van der Waals surface area contributed by atoms with E-state index in [1.54, 1.807) is 13.4 Å². The second kappa shape index (κ2) is 6.35. The molecule has 7 nitrogen and oxygen atoms in total. The van der Waals surface area contributed by atoms with Crippen LogP contribution < -0.4 is 9.64 Å². The molecule has 0 atom stereocenters. The lowest BCUT2D eigenvalue weighted by molar-refractivity contribution is 0.414. The summed E-state index contributed by atoms with van der Waals surface area (Å²) in [5.41, 5.74) is 5.24. The minimum absolute atomic E-state index is 0.700. The summed E-state index contributed by atoms with van der Waals surface area (Å²) < 4.78 is 5.21. The first kappa shape index (κ1) is 15.7. The predicted octanol–water partition coefficient (Wildman–Crippen LogP) is 2.87. The van der Waals surface area contributed by atoms with E-state index in [1.807, 2.05) is 42.7 Å². The maximum atomic E-state index is 5.21. The Morgan fingerprint density at radius 1 is 1.07 bits per heavy atom. The van der Waals surface area contributed by atoms with E-state index in [0.29, 0.717) is 6.42 Å². The fraction of sp³-hybridized carbons (Fsp3) is 0.200. The Morgan fingerprint density at radius 2 is 1.96 bits per heavy atom. The molecular formula is C20H18N6O. The van der Waals surface area contributed by atoms with Crippen LogP contribution in [0.25, 0.3) is 11.0 Å². The van der Waals surface area contributed by atoms with Crippen molar-refractivity contribution in [2.24, 2.45) is 0 Å². The van der Waals surface area contributed by atoms with Crippen molar-refractivity contribution in [3.63, 3.8) is 0 Å². The number of H-pyrrole nitrogens is 1. The number of benzene rings is 1. The number of anilines is 1. The van der Waals surface area contributed by atoms with Gasteiger partial charge >= 0.3 is 0 Å². The van der Waals surface area contributed by atoms with Gasteiger partial charge in [-0.15, -0.1) is 0 Å². The summed E-state index contributed by atoms with van der Waals surface area (Å²) >= 11 is 0. The van der Waals surface area contributed by atoms with Gasteiger partial charge in [0, 0.05) is 30.9 Å². The molecule has 0 fully saturated rings. The molecule has 27 heavy (non-hydrogen) atoms. The first-order valence-corrected chi connectivity index (χ1v) is 8.80. The van der Waals surface area contributed by atoms with Crippen molar-refractivity contribution in [1.82, 2.24) is 24.9 Å². The van der Waals surface area contributed by atoms with Gasteiger partial charge in [0.25, 0.3) is 0 Å². The van der Waals surface area contributed by atoms with Crippen molar-refractivity contribution in [1.29, 1.82) is 0 Å². The Labute approximate surface area is 156 Å². The molecule has 0 unspecified atom stereocenters. The maximum Gasteiger partial charge on any atom is 0.157 e. The zero-order chi connectivity index (χ0) is 18.2. The van der Waals surface area contributed by atoms with Gasteiger partial charge < -0.3 is 14.6 Å². The minimum Gasteiger partial charge on any atom is -0.497 e.